The normalized spacial score (nSPS) is 13.6. The molecular weight excluding hydrogens is 1020 g/mol. The Morgan fingerprint density at radius 2 is 0.949 bits per heavy atom. The Morgan fingerprint density at radius 3 is 1.31 bits per heavy atom. The number of hydrogen-bond donors (Lipinski definition) is 3. The summed E-state index contributed by atoms with van der Waals surface area (Å²) in [6.45, 7) is 13.1. The molecule has 408 valence electrons. The van der Waals surface area contributed by atoms with E-state index in [1.54, 1.807) is 18.2 Å². The zero-order chi connectivity index (χ0) is 51.8. The van der Waals surface area contributed by atoms with Crippen LogP contribution in [0.25, 0.3) is 12.2 Å². The molecule has 16 heteroatoms. The fourth-order valence-electron chi connectivity index (χ4n) is 8.71. The number of carbonyl (C=O) groups excluding carboxylic acids is 2. The zero-order valence-electron chi connectivity index (χ0n) is 44.6. The summed E-state index contributed by atoms with van der Waals surface area (Å²) in [6.07, 6.45) is 6.35. The first-order chi connectivity index (χ1) is 34.5. The minimum atomic E-state index is -1.49. The summed E-state index contributed by atoms with van der Waals surface area (Å²) in [5.41, 5.74) is 11.2. The molecule has 0 radical (unpaired) electrons. The first kappa shape index (κ1) is 72.1. The van der Waals surface area contributed by atoms with Crippen LogP contribution in [0.4, 0.5) is 4.70 Å². The largest absolute Gasteiger partial charge is 1.00 e. The minimum Gasteiger partial charge on any atom is -0.870 e. The van der Waals surface area contributed by atoms with Crippen molar-refractivity contribution in [1.29, 1.82) is 0 Å². The fraction of sp³-hybridized carbons (Fsp3) is 0.306. The standard InChI is InChI=1S/C24H26O4.C18H20O4.C18H18O4.2CH4.FH.2Na.H2O/c1-17-13-20(14-18(2)22(17)26-16-19-9-5-3-6-10-19)15-21-23(25)28-24(27-21)11-7-4-8-12-24;2*1-12-8-15(10-16(19)18(20)21)9-13(2)17(12)22-11-14-6-4-3-5-7-14;;;;;;/h3,5-6,9-10,13-15H,4,7-8,11-12,16H2,1-2H3;3-9,16,19H,10-11H2,1-2H3,(H,20,21);3-10,19H,11H2,1-2H3,(H,20,21);2*1H4;1H;;;1H2/q;;;;;;2*+1;/p-2/b21-15+;;16-10+;;;;;;/t;16-;;;;;;;/m.1......./s1. The summed E-state index contributed by atoms with van der Waals surface area (Å²) >= 11 is 0. The number of carbonyl (C=O) groups is 3. The van der Waals surface area contributed by atoms with Crippen LogP contribution in [0.5, 0.6) is 17.2 Å². The van der Waals surface area contributed by atoms with Crippen LogP contribution in [0.3, 0.4) is 0 Å². The molecule has 1 aliphatic heterocycles. The van der Waals surface area contributed by atoms with Gasteiger partial charge < -0.3 is 54.4 Å². The van der Waals surface area contributed by atoms with Crippen LogP contribution in [0, 0.1) is 41.5 Å². The van der Waals surface area contributed by atoms with Crippen LogP contribution >= 0.6 is 0 Å². The number of hydrogen-bond acceptors (Lipinski definition) is 12. The van der Waals surface area contributed by atoms with Gasteiger partial charge >= 0.3 is 71.1 Å². The van der Waals surface area contributed by atoms with E-state index in [-0.39, 0.29) is 96.5 Å². The SMILES string of the molecule is C.C.Cc1cc(/C=C(/O)C(=O)O)cc(C)c1OCc1ccccc1.Cc1cc(/C=C2/OC3(CCCCC3)OC2=O)cc(C)c1OCc1ccccc1.Cc1cc(C[C@@H](O)C(=O)[O-])cc(C)c1OCc1ccccc1.F.[Na+].[Na+].[OH-]. The molecule has 13 nitrogen and oxygen atoms in total. The number of halogens is 1. The Balaban J connectivity index is 0.00000111. The second-order valence-electron chi connectivity index (χ2n) is 18.2. The van der Waals surface area contributed by atoms with Crippen LogP contribution in [-0.2, 0) is 50.1 Å². The molecule has 1 heterocycles. The molecule has 1 atom stereocenters. The van der Waals surface area contributed by atoms with Crippen LogP contribution in [-0.4, -0.2) is 50.6 Å². The second kappa shape index (κ2) is 34.8. The maximum Gasteiger partial charge on any atom is 1.00 e. The van der Waals surface area contributed by atoms with Gasteiger partial charge in [-0.3, -0.25) is 4.70 Å². The number of rotatable bonds is 15. The summed E-state index contributed by atoms with van der Waals surface area (Å²) < 4.78 is 29.3. The third kappa shape index (κ3) is 21.4. The number of aryl methyl sites for hydroxylation is 6. The molecule has 0 bridgehead atoms. The van der Waals surface area contributed by atoms with Gasteiger partial charge in [0, 0.05) is 19.3 Å². The molecule has 1 saturated carbocycles. The summed E-state index contributed by atoms with van der Waals surface area (Å²) in [5.74, 6) is -1.84. The molecule has 0 amide bonds. The van der Waals surface area contributed by atoms with Gasteiger partial charge in [0.2, 0.25) is 11.5 Å². The van der Waals surface area contributed by atoms with E-state index in [0.717, 1.165) is 104 Å². The van der Waals surface area contributed by atoms with Crippen molar-refractivity contribution in [2.45, 2.75) is 127 Å². The molecule has 4 N–H and O–H groups in total. The molecule has 6 aromatic carbocycles. The molecule has 8 rings (SSSR count). The first-order valence-electron chi connectivity index (χ1n) is 24.0. The summed E-state index contributed by atoms with van der Waals surface area (Å²) in [4.78, 5) is 33.6. The molecule has 2 aliphatic rings. The number of benzene rings is 6. The van der Waals surface area contributed by atoms with Crippen molar-refractivity contribution in [2.75, 3.05) is 0 Å². The molecule has 2 fully saturated rings. The molecule has 0 unspecified atom stereocenters. The Bertz CT molecular complexity index is 2820. The van der Waals surface area contributed by atoms with E-state index in [2.05, 4.69) is 0 Å². The van der Waals surface area contributed by atoms with E-state index < -0.39 is 29.6 Å². The van der Waals surface area contributed by atoms with Gasteiger partial charge in [-0.15, -0.1) is 0 Å². The Morgan fingerprint density at radius 1 is 0.590 bits per heavy atom. The van der Waals surface area contributed by atoms with E-state index in [1.807, 2.05) is 157 Å². The van der Waals surface area contributed by atoms with Crippen molar-refractivity contribution in [3.63, 3.8) is 0 Å². The predicted molar refractivity (Wildman–Crippen MR) is 292 cm³/mol. The topological polar surface area (TPSA) is 211 Å². The maximum absolute atomic E-state index is 12.3. The maximum atomic E-state index is 12.3. The molecule has 78 heavy (non-hydrogen) atoms. The molecule has 0 aromatic heterocycles. The number of aliphatic hydroxyl groups is 2. The van der Waals surface area contributed by atoms with E-state index in [1.165, 1.54) is 12.5 Å². The van der Waals surface area contributed by atoms with E-state index >= 15 is 0 Å². The fourth-order valence-corrected chi connectivity index (χ4v) is 8.71. The predicted octanol–water partition coefficient (Wildman–Crippen LogP) is 6.11. The Kier molecular flexibility index (Phi) is 32.2. The van der Waals surface area contributed by atoms with Crippen molar-refractivity contribution in [3.05, 3.63) is 206 Å². The number of ether oxygens (including phenoxy) is 5. The summed E-state index contributed by atoms with van der Waals surface area (Å²) in [7, 11) is 0. The molecule has 6 aromatic rings. The first-order valence-corrected chi connectivity index (χ1v) is 24.0. The average molecular weight is 1090 g/mol. The number of esters is 1. The second-order valence-corrected chi connectivity index (χ2v) is 18.2. The molecule has 1 saturated heterocycles. The van der Waals surface area contributed by atoms with Gasteiger partial charge in [-0.05, 0) is 158 Å². The third-order valence-corrected chi connectivity index (χ3v) is 12.1. The van der Waals surface area contributed by atoms with Gasteiger partial charge in [-0.1, -0.05) is 124 Å². The van der Waals surface area contributed by atoms with E-state index in [4.69, 9.17) is 28.8 Å². The van der Waals surface area contributed by atoms with Crippen LogP contribution in [0.1, 0.15) is 114 Å². The van der Waals surface area contributed by atoms with Gasteiger partial charge in [-0.25, -0.2) is 9.59 Å². The van der Waals surface area contributed by atoms with Crippen molar-refractivity contribution >= 4 is 30.1 Å². The molecular formula is C62H73FNa2O13. The Hall–Kier alpha value is -5.94. The van der Waals surface area contributed by atoms with Crippen molar-refractivity contribution in [3.8, 4) is 17.2 Å². The van der Waals surface area contributed by atoms with E-state index in [9.17, 15) is 29.7 Å². The van der Waals surface area contributed by atoms with Crippen molar-refractivity contribution in [1.82, 2.24) is 0 Å². The quantitative estimate of drug-likeness (QED) is 0.0459. The third-order valence-electron chi connectivity index (χ3n) is 12.1. The summed E-state index contributed by atoms with van der Waals surface area (Å²) in [6, 6.07) is 41.1. The van der Waals surface area contributed by atoms with Crippen LogP contribution in [0.15, 0.2) is 139 Å². The van der Waals surface area contributed by atoms with Gasteiger partial charge in [-0.2, -0.15) is 0 Å². The number of aliphatic hydroxyl groups excluding tert-OH is 2. The number of carboxylic acids is 2. The molecule has 1 aliphatic carbocycles. The van der Waals surface area contributed by atoms with Crippen LogP contribution in [0.2, 0.25) is 0 Å². The van der Waals surface area contributed by atoms with Gasteiger partial charge in [0.05, 0.1) is 12.1 Å². The number of aliphatic carboxylic acids is 2. The number of carboxylic acid groups (broad SMARTS) is 2. The Labute approximate surface area is 503 Å². The van der Waals surface area contributed by atoms with Gasteiger partial charge in [0.25, 0.3) is 5.79 Å². The smallest absolute Gasteiger partial charge is 0.870 e. The molecule has 1 spiro atoms. The summed E-state index contributed by atoms with van der Waals surface area (Å²) in [5, 5.41) is 38.0. The average Bonchev–Trinajstić information content (AvgIpc) is 3.64. The van der Waals surface area contributed by atoms with E-state index in [0.29, 0.717) is 31.1 Å². The van der Waals surface area contributed by atoms with Crippen molar-refractivity contribution in [2.24, 2.45) is 0 Å². The zero-order valence-corrected chi connectivity index (χ0v) is 48.6. The van der Waals surface area contributed by atoms with Gasteiger partial charge in [0.15, 0.2) is 0 Å². The van der Waals surface area contributed by atoms with Crippen molar-refractivity contribution < 1.29 is 128 Å². The van der Waals surface area contributed by atoms with Crippen LogP contribution < -0.4 is 78.4 Å². The monoisotopic (exact) mass is 1090 g/mol. The van der Waals surface area contributed by atoms with Gasteiger partial charge in [0.1, 0.15) is 37.1 Å². The minimum absolute atomic E-state index is 0.